The molecule has 0 amide bonds. The molecule has 1 aliphatic rings. The molecule has 110 valence electrons. The summed E-state index contributed by atoms with van der Waals surface area (Å²) in [6.45, 7) is 6.49. The van der Waals surface area contributed by atoms with Gasteiger partial charge < -0.3 is 0 Å². The summed E-state index contributed by atoms with van der Waals surface area (Å²) in [5.74, 6) is 1.55. The fourth-order valence-electron chi connectivity index (χ4n) is 1.93. The monoisotopic (exact) mass is 384 g/mol. The maximum atomic E-state index is 6.10. The van der Waals surface area contributed by atoms with E-state index in [-0.39, 0.29) is 5.41 Å². The molecule has 21 heavy (non-hydrogen) atoms. The highest BCUT2D eigenvalue weighted by atomic mass is 79.9. The minimum absolute atomic E-state index is 0.0256. The van der Waals surface area contributed by atoms with Crippen molar-refractivity contribution >= 4 is 45.0 Å². The number of rotatable bonds is 1. The summed E-state index contributed by atoms with van der Waals surface area (Å²) in [7, 11) is 0. The number of benzene rings is 1. The Labute approximate surface area is 141 Å². The minimum atomic E-state index is 0.0256. The second-order valence-electron chi connectivity index (χ2n) is 5.83. The van der Waals surface area contributed by atoms with Crippen LogP contribution in [0.1, 0.15) is 20.8 Å². The van der Waals surface area contributed by atoms with E-state index in [0.717, 1.165) is 26.7 Å². The average molecular weight is 386 g/mol. The van der Waals surface area contributed by atoms with Crippen LogP contribution in [0, 0.1) is 5.41 Å². The highest BCUT2D eigenvalue weighted by Crippen LogP contribution is 2.34. The molecule has 0 atom stereocenters. The van der Waals surface area contributed by atoms with Crippen LogP contribution < -0.4 is 0 Å². The third-order valence-electron chi connectivity index (χ3n) is 3.21. The fourth-order valence-corrected chi connectivity index (χ4v) is 3.63. The zero-order valence-electron chi connectivity index (χ0n) is 11.9. The van der Waals surface area contributed by atoms with E-state index in [4.69, 9.17) is 16.7 Å². The lowest BCUT2D eigenvalue weighted by Gasteiger charge is -2.24. The fraction of sp³-hybridized carbons (Fsp3) is 0.357. The first kappa shape index (κ1) is 15.1. The van der Waals surface area contributed by atoms with Crippen LogP contribution in [0.2, 0.25) is 5.02 Å². The van der Waals surface area contributed by atoms with Crippen molar-refractivity contribution in [2.24, 2.45) is 10.5 Å². The molecular weight excluding hydrogens is 372 g/mol. The largest absolute Gasteiger partial charge is 0.212 e. The van der Waals surface area contributed by atoms with Crippen molar-refractivity contribution < 1.29 is 0 Å². The lowest BCUT2D eigenvalue weighted by atomic mass is 9.91. The van der Waals surface area contributed by atoms with Gasteiger partial charge in [-0.15, -0.1) is 10.2 Å². The van der Waals surface area contributed by atoms with Gasteiger partial charge in [0, 0.05) is 26.2 Å². The molecule has 1 aliphatic heterocycles. The lowest BCUT2D eigenvalue weighted by molar-refractivity contribution is 0.574. The maximum absolute atomic E-state index is 6.10. The number of fused-ring (bicyclic) bond motifs is 1. The Morgan fingerprint density at radius 3 is 2.76 bits per heavy atom. The van der Waals surface area contributed by atoms with Gasteiger partial charge in [-0.1, -0.05) is 60.1 Å². The van der Waals surface area contributed by atoms with E-state index in [1.807, 2.05) is 22.9 Å². The number of hydrogen-bond acceptors (Lipinski definition) is 4. The van der Waals surface area contributed by atoms with Gasteiger partial charge in [0.2, 0.25) is 5.16 Å². The van der Waals surface area contributed by atoms with E-state index >= 15 is 0 Å². The first-order valence-electron chi connectivity index (χ1n) is 6.48. The van der Waals surface area contributed by atoms with Gasteiger partial charge in [-0.3, -0.25) is 0 Å². The van der Waals surface area contributed by atoms with Gasteiger partial charge in [-0.05, 0) is 18.2 Å². The zero-order chi connectivity index (χ0) is 15.2. The Hall–Kier alpha value is -0.850. The van der Waals surface area contributed by atoms with Crippen LogP contribution in [0.15, 0.2) is 32.9 Å². The minimum Gasteiger partial charge on any atom is -0.187 e. The molecule has 1 aromatic carbocycles. The summed E-state index contributed by atoms with van der Waals surface area (Å²) in [4.78, 5) is 0. The third-order valence-corrected chi connectivity index (χ3v) is 5.06. The summed E-state index contributed by atoms with van der Waals surface area (Å²) in [6.07, 6.45) is 0. The van der Waals surface area contributed by atoms with E-state index < -0.39 is 0 Å². The summed E-state index contributed by atoms with van der Waals surface area (Å²) < 4.78 is 2.73. The van der Waals surface area contributed by atoms with Crippen LogP contribution in [0.5, 0.6) is 0 Å². The first-order chi connectivity index (χ1) is 9.86. The van der Waals surface area contributed by atoms with Crippen molar-refractivity contribution in [1.82, 2.24) is 14.9 Å². The van der Waals surface area contributed by atoms with Crippen LogP contribution in [-0.2, 0) is 0 Å². The van der Waals surface area contributed by atoms with Crippen LogP contribution in [0.25, 0.3) is 11.4 Å². The molecule has 0 unspecified atom stereocenters. The van der Waals surface area contributed by atoms with Gasteiger partial charge in [0.05, 0.1) is 5.71 Å². The molecule has 7 heteroatoms. The molecule has 0 bridgehead atoms. The van der Waals surface area contributed by atoms with E-state index in [1.165, 1.54) is 0 Å². The smallest absolute Gasteiger partial charge is 0.187 e. The summed E-state index contributed by atoms with van der Waals surface area (Å²) in [6, 6.07) is 5.61. The highest BCUT2D eigenvalue weighted by molar-refractivity contribution is 9.10. The molecule has 0 N–H and O–H groups in total. The molecule has 4 nitrogen and oxygen atoms in total. The quantitative estimate of drug-likeness (QED) is 0.713. The van der Waals surface area contributed by atoms with E-state index in [0.29, 0.717) is 10.8 Å². The molecule has 2 heterocycles. The molecule has 0 saturated carbocycles. The van der Waals surface area contributed by atoms with Crippen molar-refractivity contribution in [3.8, 4) is 11.4 Å². The molecule has 0 spiro atoms. The molecular formula is C14H14BrClN4S. The molecule has 0 fully saturated rings. The normalized spacial score (nSPS) is 14.8. The standard InChI is InChI=1S/C14H14BrClN4S/c1-14(2,3)11-7-21-13-18-17-12(20(13)19-11)9-6-8(16)4-5-10(9)15/h4-6H,7H2,1-3H3. The van der Waals surface area contributed by atoms with Gasteiger partial charge in [-0.2, -0.15) is 9.78 Å². The second-order valence-corrected chi connectivity index (χ2v) is 8.06. The highest BCUT2D eigenvalue weighted by Gasteiger charge is 2.27. The Kier molecular flexibility index (Phi) is 3.88. The topological polar surface area (TPSA) is 43.1 Å². The van der Waals surface area contributed by atoms with E-state index in [9.17, 15) is 0 Å². The Bertz CT molecular complexity index is 733. The number of halogens is 2. The summed E-state index contributed by atoms with van der Waals surface area (Å²) >= 11 is 11.3. The Morgan fingerprint density at radius 1 is 1.29 bits per heavy atom. The number of aromatic nitrogens is 3. The number of nitrogens with zero attached hydrogens (tertiary/aromatic N) is 4. The van der Waals surface area contributed by atoms with Crippen LogP contribution in [0.4, 0.5) is 0 Å². The molecule has 0 aliphatic carbocycles. The van der Waals surface area contributed by atoms with Crippen LogP contribution in [-0.4, -0.2) is 26.3 Å². The lowest BCUT2D eigenvalue weighted by Crippen LogP contribution is -2.26. The van der Waals surface area contributed by atoms with Crippen molar-refractivity contribution in [2.75, 3.05) is 5.75 Å². The predicted molar refractivity (Wildman–Crippen MR) is 91.2 cm³/mol. The SMILES string of the molecule is CC(C)(C)C1=Nn2c(nnc2-c2cc(Cl)ccc2Br)SC1. The van der Waals surface area contributed by atoms with Crippen molar-refractivity contribution in [3.63, 3.8) is 0 Å². The average Bonchev–Trinajstić information content (AvgIpc) is 2.83. The third kappa shape index (κ3) is 2.89. The first-order valence-corrected chi connectivity index (χ1v) is 8.64. The van der Waals surface area contributed by atoms with Crippen molar-refractivity contribution in [3.05, 3.63) is 27.7 Å². The molecule has 0 radical (unpaired) electrons. The Morgan fingerprint density at radius 2 is 2.05 bits per heavy atom. The zero-order valence-corrected chi connectivity index (χ0v) is 15.1. The molecule has 2 aromatic rings. The van der Waals surface area contributed by atoms with Crippen molar-refractivity contribution in [1.29, 1.82) is 0 Å². The summed E-state index contributed by atoms with van der Waals surface area (Å²) in [5, 5.41) is 14.7. The van der Waals surface area contributed by atoms with Gasteiger partial charge >= 0.3 is 0 Å². The van der Waals surface area contributed by atoms with Gasteiger partial charge in [0.25, 0.3) is 0 Å². The van der Waals surface area contributed by atoms with Gasteiger partial charge in [0.1, 0.15) is 0 Å². The predicted octanol–water partition coefficient (Wildman–Crippen LogP) is 4.72. The van der Waals surface area contributed by atoms with Gasteiger partial charge in [-0.25, -0.2) is 0 Å². The Balaban J connectivity index is 2.15. The molecule has 1 aromatic heterocycles. The van der Waals surface area contributed by atoms with Crippen LogP contribution >= 0.6 is 39.3 Å². The van der Waals surface area contributed by atoms with Crippen molar-refractivity contribution in [2.45, 2.75) is 25.9 Å². The van der Waals surface area contributed by atoms with E-state index in [2.05, 4.69) is 46.9 Å². The summed E-state index contributed by atoms with van der Waals surface area (Å²) in [5.41, 5.74) is 2.04. The second kappa shape index (κ2) is 5.41. The number of hydrogen-bond donors (Lipinski definition) is 0. The maximum Gasteiger partial charge on any atom is 0.212 e. The van der Waals surface area contributed by atoms with Gasteiger partial charge in [0.15, 0.2) is 5.82 Å². The molecule has 0 saturated heterocycles. The number of thioether (sulfide) groups is 1. The van der Waals surface area contributed by atoms with E-state index in [1.54, 1.807) is 11.8 Å². The van der Waals surface area contributed by atoms with Crippen LogP contribution in [0.3, 0.4) is 0 Å². The molecule has 3 rings (SSSR count).